The monoisotopic (exact) mass is 273 g/mol. The molecule has 0 unspecified atom stereocenters. The van der Waals surface area contributed by atoms with Gasteiger partial charge >= 0.3 is 0 Å². The molecule has 0 radical (unpaired) electrons. The Morgan fingerprint density at radius 3 is 2.55 bits per heavy atom. The maximum atomic E-state index is 12.0. The number of hydrogen-bond acceptors (Lipinski definition) is 3. The highest BCUT2D eigenvalue weighted by Crippen LogP contribution is 2.26. The summed E-state index contributed by atoms with van der Waals surface area (Å²) in [5, 5.41) is 2.90. The topological polar surface area (TPSA) is 51.5 Å². The maximum Gasteiger partial charge on any atom is 0.287 e. The molecule has 1 N–H and O–H groups in total. The van der Waals surface area contributed by atoms with Gasteiger partial charge in [-0.05, 0) is 39.0 Å². The van der Waals surface area contributed by atoms with Crippen LogP contribution in [0.25, 0.3) is 0 Å². The average molecular weight is 273 g/mol. The minimum absolute atomic E-state index is 0.0872. The molecule has 2 rings (SSSR count). The normalized spacial score (nSPS) is 12.2. The van der Waals surface area contributed by atoms with E-state index < -0.39 is 0 Å². The van der Waals surface area contributed by atoms with Crippen LogP contribution in [-0.2, 0) is 0 Å². The summed E-state index contributed by atoms with van der Waals surface area (Å²) in [6.07, 6.45) is 1.57. The number of carbonyl (C=O) groups excluding carboxylic acids is 1. The zero-order valence-corrected chi connectivity index (χ0v) is 11.9. The lowest BCUT2D eigenvalue weighted by Crippen LogP contribution is -2.26. The molecule has 1 aromatic carbocycles. The molecule has 1 aromatic heterocycles. The van der Waals surface area contributed by atoms with E-state index in [4.69, 9.17) is 9.15 Å². The predicted molar refractivity (Wildman–Crippen MR) is 76.8 cm³/mol. The fourth-order valence-electron chi connectivity index (χ4n) is 1.95. The van der Waals surface area contributed by atoms with Crippen LogP contribution in [0.1, 0.15) is 42.9 Å². The zero-order valence-electron chi connectivity index (χ0n) is 11.9. The first-order valence-corrected chi connectivity index (χ1v) is 6.68. The van der Waals surface area contributed by atoms with Gasteiger partial charge in [-0.15, -0.1) is 0 Å². The Labute approximate surface area is 118 Å². The zero-order chi connectivity index (χ0) is 14.5. The van der Waals surface area contributed by atoms with Gasteiger partial charge in [0, 0.05) is 5.56 Å². The lowest BCUT2D eigenvalue weighted by Gasteiger charge is -2.19. The molecule has 0 saturated carbocycles. The Bertz CT molecular complexity index is 561. The first-order valence-electron chi connectivity index (χ1n) is 6.68. The highest BCUT2D eigenvalue weighted by molar-refractivity contribution is 5.91. The van der Waals surface area contributed by atoms with Gasteiger partial charge in [-0.1, -0.05) is 18.2 Å². The third-order valence-corrected chi connectivity index (χ3v) is 2.84. The summed E-state index contributed by atoms with van der Waals surface area (Å²) in [4.78, 5) is 12.0. The van der Waals surface area contributed by atoms with E-state index in [1.807, 2.05) is 45.0 Å². The van der Waals surface area contributed by atoms with Crippen molar-refractivity contribution in [3.63, 3.8) is 0 Å². The number of furan rings is 1. The lowest BCUT2D eigenvalue weighted by atomic mass is 10.1. The third kappa shape index (κ3) is 3.41. The molecule has 0 aliphatic carbocycles. The second kappa shape index (κ2) is 6.28. The Morgan fingerprint density at radius 1 is 1.15 bits per heavy atom. The van der Waals surface area contributed by atoms with E-state index >= 15 is 0 Å². The van der Waals surface area contributed by atoms with Crippen LogP contribution >= 0.6 is 0 Å². The highest BCUT2D eigenvalue weighted by atomic mass is 16.5. The van der Waals surface area contributed by atoms with E-state index in [0.717, 1.165) is 11.3 Å². The smallest absolute Gasteiger partial charge is 0.287 e. The van der Waals surface area contributed by atoms with Crippen molar-refractivity contribution < 1.29 is 13.9 Å². The average Bonchev–Trinajstić information content (AvgIpc) is 2.92. The van der Waals surface area contributed by atoms with Crippen LogP contribution in [0.2, 0.25) is 0 Å². The molecule has 1 heterocycles. The molecule has 0 saturated heterocycles. The van der Waals surface area contributed by atoms with Crippen molar-refractivity contribution in [1.82, 2.24) is 5.32 Å². The van der Waals surface area contributed by atoms with Gasteiger partial charge in [-0.3, -0.25) is 4.79 Å². The second-order valence-electron chi connectivity index (χ2n) is 4.88. The SMILES string of the molecule is CC(C)Oc1ccccc1[C@H](C)NC(=O)c1ccco1. The van der Waals surface area contributed by atoms with Gasteiger partial charge in [0.1, 0.15) is 5.75 Å². The van der Waals surface area contributed by atoms with Gasteiger partial charge in [-0.2, -0.15) is 0 Å². The first kappa shape index (κ1) is 14.2. The quantitative estimate of drug-likeness (QED) is 0.906. The number of ether oxygens (including phenoxy) is 1. The van der Waals surface area contributed by atoms with Gasteiger partial charge in [0.05, 0.1) is 18.4 Å². The van der Waals surface area contributed by atoms with Gasteiger partial charge < -0.3 is 14.5 Å². The molecular weight excluding hydrogens is 254 g/mol. The molecule has 0 aliphatic rings. The van der Waals surface area contributed by atoms with E-state index in [-0.39, 0.29) is 18.1 Å². The van der Waals surface area contributed by atoms with Crippen LogP contribution < -0.4 is 10.1 Å². The van der Waals surface area contributed by atoms with Crippen molar-refractivity contribution in [3.8, 4) is 5.75 Å². The van der Waals surface area contributed by atoms with Crippen molar-refractivity contribution in [3.05, 3.63) is 54.0 Å². The van der Waals surface area contributed by atoms with Gasteiger partial charge in [0.25, 0.3) is 5.91 Å². The number of amides is 1. The highest BCUT2D eigenvalue weighted by Gasteiger charge is 2.16. The molecule has 1 atom stereocenters. The summed E-state index contributed by atoms with van der Waals surface area (Å²) in [7, 11) is 0. The molecule has 4 heteroatoms. The summed E-state index contributed by atoms with van der Waals surface area (Å²) in [6, 6.07) is 10.9. The molecule has 1 amide bonds. The lowest BCUT2D eigenvalue weighted by molar-refractivity contribution is 0.0911. The van der Waals surface area contributed by atoms with Crippen molar-refractivity contribution in [2.24, 2.45) is 0 Å². The number of hydrogen-bond donors (Lipinski definition) is 1. The second-order valence-corrected chi connectivity index (χ2v) is 4.88. The number of benzene rings is 1. The Kier molecular flexibility index (Phi) is 4.45. The maximum absolute atomic E-state index is 12.0. The van der Waals surface area contributed by atoms with Crippen molar-refractivity contribution in [1.29, 1.82) is 0 Å². The fraction of sp³-hybridized carbons (Fsp3) is 0.312. The van der Waals surface area contributed by atoms with Crippen LogP contribution in [0.15, 0.2) is 47.1 Å². The molecule has 0 spiro atoms. The molecule has 4 nitrogen and oxygen atoms in total. The summed E-state index contributed by atoms with van der Waals surface area (Å²) in [5.74, 6) is 0.857. The van der Waals surface area contributed by atoms with E-state index in [9.17, 15) is 4.79 Å². The van der Waals surface area contributed by atoms with Crippen molar-refractivity contribution in [2.75, 3.05) is 0 Å². The van der Waals surface area contributed by atoms with Crippen molar-refractivity contribution >= 4 is 5.91 Å². The molecular formula is C16H19NO3. The minimum Gasteiger partial charge on any atom is -0.491 e. The Morgan fingerprint density at radius 2 is 1.90 bits per heavy atom. The predicted octanol–water partition coefficient (Wildman–Crippen LogP) is 3.56. The Hall–Kier alpha value is -2.23. The summed E-state index contributed by atoms with van der Waals surface area (Å²) >= 11 is 0. The van der Waals surface area contributed by atoms with Crippen molar-refractivity contribution in [2.45, 2.75) is 32.9 Å². The molecule has 0 bridgehead atoms. The number of carbonyl (C=O) groups is 1. The fourth-order valence-corrected chi connectivity index (χ4v) is 1.95. The molecule has 0 fully saturated rings. The standard InChI is InChI=1S/C16H19NO3/c1-11(2)20-14-8-5-4-7-13(14)12(3)17-16(18)15-9-6-10-19-15/h4-12H,1-3H3,(H,17,18)/t12-/m0/s1. The Balaban J connectivity index is 2.13. The van der Waals surface area contributed by atoms with Gasteiger partial charge in [0.2, 0.25) is 0 Å². The molecule has 0 aliphatic heterocycles. The van der Waals surface area contributed by atoms with E-state index in [0.29, 0.717) is 5.76 Å². The number of nitrogens with one attached hydrogen (secondary N) is 1. The van der Waals surface area contributed by atoms with Gasteiger partial charge in [0.15, 0.2) is 5.76 Å². The largest absolute Gasteiger partial charge is 0.491 e. The number of para-hydroxylation sites is 1. The third-order valence-electron chi connectivity index (χ3n) is 2.84. The molecule has 106 valence electrons. The molecule has 2 aromatic rings. The number of rotatable bonds is 5. The minimum atomic E-state index is -0.234. The van der Waals surface area contributed by atoms with Crippen LogP contribution in [0, 0.1) is 0 Å². The summed E-state index contributed by atoms with van der Waals surface area (Å²) in [6.45, 7) is 5.87. The van der Waals surface area contributed by atoms with Gasteiger partial charge in [-0.25, -0.2) is 0 Å². The molecule has 20 heavy (non-hydrogen) atoms. The van der Waals surface area contributed by atoms with E-state index in [1.54, 1.807) is 12.1 Å². The van der Waals surface area contributed by atoms with E-state index in [2.05, 4.69) is 5.32 Å². The first-order chi connectivity index (χ1) is 9.58. The van der Waals surface area contributed by atoms with Crippen LogP contribution in [0.3, 0.4) is 0 Å². The van der Waals surface area contributed by atoms with Crippen LogP contribution in [0.5, 0.6) is 5.75 Å². The van der Waals surface area contributed by atoms with Crippen LogP contribution in [0.4, 0.5) is 0 Å². The summed E-state index contributed by atoms with van der Waals surface area (Å²) in [5.41, 5.74) is 0.945. The van der Waals surface area contributed by atoms with Crippen LogP contribution in [-0.4, -0.2) is 12.0 Å². The van der Waals surface area contributed by atoms with E-state index in [1.165, 1.54) is 6.26 Å². The summed E-state index contributed by atoms with van der Waals surface area (Å²) < 4.78 is 10.8.